The molecule has 0 aliphatic rings. The number of non-ortho nitro benzene ring substituents is 1. The molecule has 1 aromatic heterocycles. The highest BCUT2D eigenvalue weighted by molar-refractivity contribution is 9.10. The number of nitrogen functional groups attached to an aromatic ring is 1. The van der Waals surface area contributed by atoms with E-state index in [2.05, 4.69) is 31.3 Å². The Hall–Kier alpha value is -2.26. The lowest BCUT2D eigenvalue weighted by Crippen LogP contribution is -2.11. The molecule has 2 aromatic rings. The van der Waals surface area contributed by atoms with Crippen LogP contribution in [0.2, 0.25) is 0 Å². The first-order valence-corrected chi connectivity index (χ1v) is 6.22. The SMILES string of the molecule is Cc1cnc(NN)nc1Oc1cc([N+](=O)[O-])ccc1Br. The number of nitrogens with two attached hydrogens (primary N) is 1. The maximum Gasteiger partial charge on any atom is 0.273 e. The Balaban J connectivity index is 2.38. The van der Waals surface area contributed by atoms with Crippen molar-refractivity contribution < 1.29 is 9.66 Å². The fourth-order valence-electron chi connectivity index (χ4n) is 1.39. The summed E-state index contributed by atoms with van der Waals surface area (Å²) in [5.74, 6) is 5.95. The van der Waals surface area contributed by atoms with Gasteiger partial charge in [0.15, 0.2) is 5.75 Å². The number of hydrogen-bond donors (Lipinski definition) is 2. The molecule has 0 amide bonds. The molecule has 2 rings (SSSR count). The van der Waals surface area contributed by atoms with Crippen LogP contribution in [0.25, 0.3) is 0 Å². The second-order valence-electron chi connectivity index (χ2n) is 3.80. The first-order chi connectivity index (χ1) is 9.51. The third-order valence-electron chi connectivity index (χ3n) is 2.39. The van der Waals surface area contributed by atoms with Gasteiger partial charge < -0.3 is 4.74 Å². The number of benzene rings is 1. The molecule has 0 saturated carbocycles. The van der Waals surface area contributed by atoms with Gasteiger partial charge in [0.25, 0.3) is 5.69 Å². The van der Waals surface area contributed by atoms with Crippen molar-refractivity contribution in [1.29, 1.82) is 0 Å². The van der Waals surface area contributed by atoms with Crippen LogP contribution in [0, 0.1) is 17.0 Å². The van der Waals surface area contributed by atoms with Crippen molar-refractivity contribution in [2.45, 2.75) is 6.92 Å². The molecule has 0 fully saturated rings. The van der Waals surface area contributed by atoms with Crippen molar-refractivity contribution in [1.82, 2.24) is 9.97 Å². The molecule has 1 aromatic carbocycles. The largest absolute Gasteiger partial charge is 0.437 e. The zero-order chi connectivity index (χ0) is 14.7. The Labute approximate surface area is 122 Å². The van der Waals surface area contributed by atoms with Gasteiger partial charge in [-0.15, -0.1) is 0 Å². The van der Waals surface area contributed by atoms with Crippen molar-refractivity contribution in [3.63, 3.8) is 0 Å². The molecule has 20 heavy (non-hydrogen) atoms. The molecule has 0 aliphatic carbocycles. The molecule has 104 valence electrons. The lowest BCUT2D eigenvalue weighted by molar-refractivity contribution is -0.384. The Morgan fingerprint density at radius 2 is 2.25 bits per heavy atom. The predicted octanol–water partition coefficient (Wildman–Crippen LogP) is 2.53. The zero-order valence-corrected chi connectivity index (χ0v) is 11.9. The third kappa shape index (κ3) is 3.00. The predicted molar refractivity (Wildman–Crippen MR) is 75.4 cm³/mol. The number of nitrogens with one attached hydrogen (secondary N) is 1. The number of rotatable bonds is 4. The van der Waals surface area contributed by atoms with E-state index in [0.717, 1.165) is 0 Å². The average Bonchev–Trinajstić information content (AvgIpc) is 2.43. The van der Waals surface area contributed by atoms with E-state index in [1.165, 1.54) is 24.4 Å². The molecular formula is C11H10BrN5O3. The van der Waals surface area contributed by atoms with E-state index in [1.807, 2.05) is 0 Å². The van der Waals surface area contributed by atoms with E-state index in [1.54, 1.807) is 6.92 Å². The summed E-state index contributed by atoms with van der Waals surface area (Å²) in [6.07, 6.45) is 1.53. The molecule has 0 unspecified atom stereocenters. The van der Waals surface area contributed by atoms with Crippen LogP contribution in [0.1, 0.15) is 5.56 Å². The first kappa shape index (κ1) is 14.2. The minimum Gasteiger partial charge on any atom is -0.437 e. The van der Waals surface area contributed by atoms with Crippen LogP contribution in [0.5, 0.6) is 11.6 Å². The number of halogens is 1. The van der Waals surface area contributed by atoms with Crippen molar-refractivity contribution in [3.05, 3.63) is 44.5 Å². The number of hydrogen-bond acceptors (Lipinski definition) is 7. The van der Waals surface area contributed by atoms with Crippen molar-refractivity contribution in [3.8, 4) is 11.6 Å². The van der Waals surface area contributed by atoms with Crippen LogP contribution in [0.4, 0.5) is 11.6 Å². The molecule has 0 aliphatic heterocycles. The number of hydrazine groups is 1. The Kier molecular flexibility index (Phi) is 4.11. The molecule has 0 bridgehead atoms. The highest BCUT2D eigenvalue weighted by Gasteiger charge is 2.13. The summed E-state index contributed by atoms with van der Waals surface area (Å²) in [6.45, 7) is 1.75. The van der Waals surface area contributed by atoms with Crippen molar-refractivity contribution >= 4 is 27.6 Å². The average molecular weight is 340 g/mol. The minimum atomic E-state index is -0.501. The van der Waals surface area contributed by atoms with Crippen LogP contribution < -0.4 is 16.0 Å². The lowest BCUT2D eigenvalue weighted by Gasteiger charge is -2.09. The van der Waals surface area contributed by atoms with E-state index in [4.69, 9.17) is 10.6 Å². The maximum absolute atomic E-state index is 10.8. The monoisotopic (exact) mass is 339 g/mol. The lowest BCUT2D eigenvalue weighted by atomic mass is 10.3. The van der Waals surface area contributed by atoms with E-state index in [9.17, 15) is 10.1 Å². The smallest absolute Gasteiger partial charge is 0.273 e. The number of aryl methyl sites for hydroxylation is 1. The van der Waals surface area contributed by atoms with Gasteiger partial charge in [0.05, 0.1) is 15.5 Å². The van der Waals surface area contributed by atoms with E-state index in [-0.39, 0.29) is 23.3 Å². The van der Waals surface area contributed by atoms with Crippen LogP contribution >= 0.6 is 15.9 Å². The van der Waals surface area contributed by atoms with Crippen LogP contribution in [-0.2, 0) is 0 Å². The maximum atomic E-state index is 10.8. The summed E-state index contributed by atoms with van der Waals surface area (Å²) < 4.78 is 6.15. The number of anilines is 1. The molecule has 1 heterocycles. The molecule has 0 saturated heterocycles. The summed E-state index contributed by atoms with van der Waals surface area (Å²) in [5, 5.41) is 10.8. The van der Waals surface area contributed by atoms with Gasteiger partial charge in [-0.1, -0.05) is 0 Å². The normalized spacial score (nSPS) is 10.2. The second-order valence-corrected chi connectivity index (χ2v) is 4.65. The number of aromatic nitrogens is 2. The fraction of sp³-hybridized carbons (Fsp3) is 0.0909. The van der Waals surface area contributed by atoms with E-state index >= 15 is 0 Å². The minimum absolute atomic E-state index is 0.0768. The number of nitrogens with zero attached hydrogens (tertiary/aromatic N) is 3. The summed E-state index contributed by atoms with van der Waals surface area (Å²) in [7, 11) is 0. The first-order valence-electron chi connectivity index (χ1n) is 5.43. The van der Waals surface area contributed by atoms with Gasteiger partial charge in [0.2, 0.25) is 11.8 Å². The molecule has 9 heteroatoms. The zero-order valence-electron chi connectivity index (χ0n) is 10.3. The number of nitro benzene ring substituents is 1. The Morgan fingerprint density at radius 3 is 2.90 bits per heavy atom. The molecule has 0 spiro atoms. The van der Waals surface area contributed by atoms with Crippen molar-refractivity contribution in [2.24, 2.45) is 5.84 Å². The quantitative estimate of drug-likeness (QED) is 0.499. The van der Waals surface area contributed by atoms with E-state index < -0.39 is 4.92 Å². The van der Waals surface area contributed by atoms with Crippen LogP contribution in [0.15, 0.2) is 28.9 Å². The number of ether oxygens (including phenoxy) is 1. The van der Waals surface area contributed by atoms with Crippen molar-refractivity contribution in [2.75, 3.05) is 5.43 Å². The third-order valence-corrected chi connectivity index (χ3v) is 3.04. The molecular weight excluding hydrogens is 330 g/mol. The standard InChI is InChI=1S/C11H10BrN5O3/c1-6-5-14-11(16-13)15-10(6)20-9-4-7(17(18)19)2-3-8(9)12/h2-5H,13H2,1H3,(H,14,15,16). The topological polar surface area (TPSA) is 116 Å². The van der Waals surface area contributed by atoms with Crippen LogP contribution in [0.3, 0.4) is 0 Å². The van der Waals surface area contributed by atoms with E-state index in [0.29, 0.717) is 10.0 Å². The van der Waals surface area contributed by atoms with Gasteiger partial charge in [-0.25, -0.2) is 10.8 Å². The molecule has 0 atom stereocenters. The highest BCUT2D eigenvalue weighted by Crippen LogP contribution is 2.33. The summed E-state index contributed by atoms with van der Waals surface area (Å²) in [6, 6.07) is 4.21. The van der Waals surface area contributed by atoms with Gasteiger partial charge in [0, 0.05) is 17.8 Å². The second kappa shape index (κ2) is 5.80. The van der Waals surface area contributed by atoms with Gasteiger partial charge in [-0.05, 0) is 28.9 Å². The highest BCUT2D eigenvalue weighted by atomic mass is 79.9. The summed E-state index contributed by atoms with van der Waals surface area (Å²) in [4.78, 5) is 18.2. The molecule has 8 nitrogen and oxygen atoms in total. The summed E-state index contributed by atoms with van der Waals surface area (Å²) >= 11 is 3.27. The molecule has 0 radical (unpaired) electrons. The van der Waals surface area contributed by atoms with Crippen LogP contribution in [-0.4, -0.2) is 14.9 Å². The Bertz CT molecular complexity index is 665. The fourth-order valence-corrected chi connectivity index (χ4v) is 1.71. The summed E-state index contributed by atoms with van der Waals surface area (Å²) in [5.41, 5.74) is 2.89. The van der Waals surface area contributed by atoms with Gasteiger partial charge in [-0.3, -0.25) is 15.5 Å². The van der Waals surface area contributed by atoms with Gasteiger partial charge in [0.1, 0.15) is 0 Å². The van der Waals surface area contributed by atoms with Gasteiger partial charge >= 0.3 is 0 Å². The van der Waals surface area contributed by atoms with Gasteiger partial charge in [-0.2, -0.15) is 4.98 Å². The number of nitro groups is 1. The Morgan fingerprint density at radius 1 is 1.50 bits per heavy atom. The molecule has 3 N–H and O–H groups in total.